The Bertz CT molecular complexity index is 343. The van der Waals surface area contributed by atoms with Gasteiger partial charge in [-0.2, -0.15) is 0 Å². The van der Waals surface area contributed by atoms with Gasteiger partial charge in [0, 0.05) is 10.3 Å². The van der Waals surface area contributed by atoms with E-state index in [1.165, 1.54) is 5.56 Å². The summed E-state index contributed by atoms with van der Waals surface area (Å²) in [5.41, 5.74) is 1.20. The van der Waals surface area contributed by atoms with Crippen LogP contribution in [0.4, 0.5) is 0 Å². The van der Waals surface area contributed by atoms with Crippen molar-refractivity contribution in [2.75, 3.05) is 4.43 Å². The Labute approximate surface area is 108 Å². The van der Waals surface area contributed by atoms with Gasteiger partial charge in [0.2, 0.25) is 0 Å². The Kier molecular flexibility index (Phi) is 6.17. The van der Waals surface area contributed by atoms with E-state index in [0.29, 0.717) is 0 Å². The summed E-state index contributed by atoms with van der Waals surface area (Å²) in [6.07, 6.45) is 4.18. The lowest BCUT2D eigenvalue weighted by atomic mass is 10.2. The van der Waals surface area contributed by atoms with E-state index in [2.05, 4.69) is 22.6 Å². The number of rotatable bonds is 5. The molecular weight excluding hydrogens is 319 g/mol. The molecule has 1 unspecified atom stereocenters. The SMILES string of the molecule is Cc1ccc(S(=O)/C=C\CCCI)cc1. The molecule has 1 aromatic carbocycles. The molecule has 0 heterocycles. The second-order valence-electron chi connectivity index (χ2n) is 3.31. The minimum Gasteiger partial charge on any atom is -0.250 e. The van der Waals surface area contributed by atoms with Crippen LogP contribution < -0.4 is 0 Å². The minimum atomic E-state index is -0.978. The summed E-state index contributed by atoms with van der Waals surface area (Å²) >= 11 is 2.35. The first-order chi connectivity index (χ1) is 7.24. The first-order valence-corrected chi connectivity index (χ1v) is 7.68. The Hall–Kier alpha value is -0.160. The van der Waals surface area contributed by atoms with Gasteiger partial charge in [0.05, 0.1) is 10.8 Å². The van der Waals surface area contributed by atoms with Crippen LogP contribution in [0.1, 0.15) is 18.4 Å². The lowest BCUT2D eigenvalue weighted by Gasteiger charge is -1.97. The maximum Gasteiger partial charge on any atom is 0.0772 e. The van der Waals surface area contributed by atoms with E-state index in [4.69, 9.17) is 0 Å². The highest BCUT2D eigenvalue weighted by molar-refractivity contribution is 14.1. The van der Waals surface area contributed by atoms with E-state index in [-0.39, 0.29) is 0 Å². The van der Waals surface area contributed by atoms with Gasteiger partial charge in [-0.15, -0.1) is 0 Å². The van der Waals surface area contributed by atoms with Crippen LogP contribution in [-0.2, 0) is 10.8 Å². The van der Waals surface area contributed by atoms with Gasteiger partial charge in [-0.1, -0.05) is 46.4 Å². The summed E-state index contributed by atoms with van der Waals surface area (Å²) < 4.78 is 12.9. The number of allylic oxidation sites excluding steroid dienone is 1. The van der Waals surface area contributed by atoms with Crippen LogP contribution in [0, 0.1) is 6.92 Å². The minimum absolute atomic E-state index is 0.881. The molecule has 0 radical (unpaired) electrons. The average molecular weight is 334 g/mol. The van der Waals surface area contributed by atoms with Crippen LogP contribution in [0.5, 0.6) is 0 Å². The Morgan fingerprint density at radius 1 is 1.33 bits per heavy atom. The van der Waals surface area contributed by atoms with Crippen molar-refractivity contribution in [1.29, 1.82) is 0 Å². The third-order valence-electron chi connectivity index (χ3n) is 1.98. The zero-order valence-corrected chi connectivity index (χ0v) is 11.8. The molecule has 0 fully saturated rings. The summed E-state index contributed by atoms with van der Waals surface area (Å²) in [5.74, 6) is 0. The van der Waals surface area contributed by atoms with E-state index in [9.17, 15) is 4.21 Å². The van der Waals surface area contributed by atoms with Crippen molar-refractivity contribution in [1.82, 2.24) is 0 Å². The first kappa shape index (κ1) is 12.9. The van der Waals surface area contributed by atoms with Crippen molar-refractivity contribution in [3.05, 3.63) is 41.3 Å². The molecule has 1 nitrogen and oxygen atoms in total. The molecule has 0 aliphatic rings. The molecule has 0 amide bonds. The summed E-state index contributed by atoms with van der Waals surface area (Å²) in [4.78, 5) is 0.881. The van der Waals surface area contributed by atoms with Crippen molar-refractivity contribution >= 4 is 33.4 Å². The Balaban J connectivity index is 2.53. The normalized spacial score (nSPS) is 13.2. The molecule has 0 N–H and O–H groups in total. The molecule has 0 saturated heterocycles. The van der Waals surface area contributed by atoms with Gasteiger partial charge >= 0.3 is 0 Å². The molecule has 1 rings (SSSR count). The summed E-state index contributed by atoms with van der Waals surface area (Å²) in [7, 11) is -0.978. The summed E-state index contributed by atoms with van der Waals surface area (Å²) in [6.45, 7) is 2.03. The fraction of sp³-hybridized carbons (Fsp3) is 0.333. The predicted octanol–water partition coefficient (Wildman–Crippen LogP) is 3.83. The number of alkyl halides is 1. The molecule has 1 atom stereocenters. The quantitative estimate of drug-likeness (QED) is 0.454. The molecule has 3 heteroatoms. The van der Waals surface area contributed by atoms with Crippen LogP contribution in [0.3, 0.4) is 0 Å². The molecule has 0 aromatic heterocycles. The van der Waals surface area contributed by atoms with E-state index in [1.54, 1.807) is 5.41 Å². The van der Waals surface area contributed by atoms with Crippen molar-refractivity contribution in [2.24, 2.45) is 0 Å². The molecule has 15 heavy (non-hydrogen) atoms. The number of unbranched alkanes of at least 4 members (excludes halogenated alkanes) is 1. The molecular formula is C12H15IOS. The highest BCUT2D eigenvalue weighted by Gasteiger charge is 1.97. The van der Waals surface area contributed by atoms with E-state index in [0.717, 1.165) is 22.2 Å². The zero-order chi connectivity index (χ0) is 11.1. The third-order valence-corrected chi connectivity index (χ3v) is 3.92. The molecule has 0 aliphatic heterocycles. The third kappa shape index (κ3) is 4.93. The molecule has 82 valence electrons. The maximum absolute atomic E-state index is 11.7. The highest BCUT2D eigenvalue weighted by Crippen LogP contribution is 2.09. The van der Waals surface area contributed by atoms with Crippen molar-refractivity contribution in [2.45, 2.75) is 24.7 Å². The Morgan fingerprint density at radius 2 is 2.00 bits per heavy atom. The molecule has 0 bridgehead atoms. The van der Waals surface area contributed by atoms with Gasteiger partial charge in [-0.05, 0) is 36.3 Å². The van der Waals surface area contributed by atoms with Crippen molar-refractivity contribution in [3.8, 4) is 0 Å². The number of benzene rings is 1. The summed E-state index contributed by atoms with van der Waals surface area (Å²) in [6, 6.07) is 7.83. The van der Waals surface area contributed by atoms with Gasteiger partial charge < -0.3 is 0 Å². The fourth-order valence-electron chi connectivity index (χ4n) is 1.10. The van der Waals surface area contributed by atoms with Crippen LogP contribution in [-0.4, -0.2) is 8.64 Å². The number of halogens is 1. The van der Waals surface area contributed by atoms with Gasteiger partial charge in [0.15, 0.2) is 0 Å². The van der Waals surface area contributed by atoms with E-state index >= 15 is 0 Å². The standard InChI is InChI=1S/C12H15IOS/c1-11-5-7-12(8-6-11)15(14)10-4-2-3-9-13/h4-8,10H,2-3,9H2,1H3/b10-4-. The van der Waals surface area contributed by atoms with Crippen molar-refractivity contribution in [3.63, 3.8) is 0 Å². The zero-order valence-electron chi connectivity index (χ0n) is 8.78. The highest BCUT2D eigenvalue weighted by atomic mass is 127. The monoisotopic (exact) mass is 334 g/mol. The fourth-order valence-corrected chi connectivity index (χ4v) is 2.41. The molecule has 0 spiro atoms. The van der Waals surface area contributed by atoms with Crippen LogP contribution >= 0.6 is 22.6 Å². The lowest BCUT2D eigenvalue weighted by Crippen LogP contribution is -1.86. The predicted molar refractivity (Wildman–Crippen MR) is 74.8 cm³/mol. The smallest absolute Gasteiger partial charge is 0.0772 e. The van der Waals surface area contributed by atoms with E-state index in [1.807, 2.05) is 37.3 Å². The average Bonchev–Trinajstić information content (AvgIpc) is 2.25. The Morgan fingerprint density at radius 3 is 2.60 bits per heavy atom. The van der Waals surface area contributed by atoms with Crippen molar-refractivity contribution < 1.29 is 4.21 Å². The van der Waals surface area contributed by atoms with Gasteiger partial charge in [-0.25, -0.2) is 4.21 Å². The van der Waals surface area contributed by atoms with Crippen LogP contribution in [0.15, 0.2) is 40.6 Å². The maximum atomic E-state index is 11.7. The number of hydrogen-bond donors (Lipinski definition) is 0. The summed E-state index contributed by atoms with van der Waals surface area (Å²) in [5, 5.41) is 1.79. The second kappa shape index (κ2) is 7.17. The number of aryl methyl sites for hydroxylation is 1. The second-order valence-corrected chi connectivity index (χ2v) is 5.73. The molecule has 0 aliphatic carbocycles. The van der Waals surface area contributed by atoms with Gasteiger partial charge in [0.1, 0.15) is 0 Å². The van der Waals surface area contributed by atoms with E-state index < -0.39 is 10.8 Å². The molecule has 0 saturated carbocycles. The number of hydrogen-bond acceptors (Lipinski definition) is 1. The first-order valence-electron chi connectivity index (χ1n) is 4.94. The largest absolute Gasteiger partial charge is 0.250 e. The van der Waals surface area contributed by atoms with Gasteiger partial charge in [0.25, 0.3) is 0 Å². The molecule has 1 aromatic rings. The van der Waals surface area contributed by atoms with Crippen LogP contribution in [0.2, 0.25) is 0 Å². The van der Waals surface area contributed by atoms with Gasteiger partial charge in [-0.3, -0.25) is 0 Å². The topological polar surface area (TPSA) is 17.1 Å². The van der Waals surface area contributed by atoms with Crippen LogP contribution in [0.25, 0.3) is 0 Å². The lowest BCUT2D eigenvalue weighted by molar-refractivity contribution is 0.688.